The smallest absolute Gasteiger partial charge is 0.259 e. The Morgan fingerprint density at radius 1 is 1.22 bits per heavy atom. The summed E-state index contributed by atoms with van der Waals surface area (Å²) in [7, 11) is 0. The number of fused-ring (bicyclic) bond motifs is 1. The molecule has 0 spiro atoms. The molecule has 1 aliphatic heterocycles. The summed E-state index contributed by atoms with van der Waals surface area (Å²) < 4.78 is 1.62. The van der Waals surface area contributed by atoms with Gasteiger partial charge in [-0.1, -0.05) is 0 Å². The highest BCUT2D eigenvalue weighted by Gasteiger charge is 2.33. The molecule has 7 heteroatoms. The zero-order valence-electron chi connectivity index (χ0n) is 13.0. The second-order valence-corrected chi connectivity index (χ2v) is 6.34. The molecule has 2 aliphatic rings. The van der Waals surface area contributed by atoms with Gasteiger partial charge in [0.15, 0.2) is 5.65 Å². The monoisotopic (exact) mass is 315 g/mol. The van der Waals surface area contributed by atoms with Crippen LogP contribution in [0, 0.1) is 0 Å². The maximum absolute atomic E-state index is 12.7. The molecule has 1 saturated carbocycles. The van der Waals surface area contributed by atoms with E-state index in [1.54, 1.807) is 29.2 Å². The Morgan fingerprint density at radius 3 is 2.78 bits per heavy atom. The van der Waals surface area contributed by atoms with Gasteiger partial charge in [-0.25, -0.2) is 9.50 Å². The van der Waals surface area contributed by atoms with Crippen molar-refractivity contribution < 1.29 is 9.90 Å². The summed E-state index contributed by atoms with van der Waals surface area (Å²) in [4.78, 5) is 21.2. The second kappa shape index (κ2) is 5.90. The highest BCUT2D eigenvalue weighted by molar-refractivity contribution is 5.99. The van der Waals surface area contributed by atoms with Crippen molar-refractivity contribution in [1.82, 2.24) is 24.4 Å². The van der Waals surface area contributed by atoms with Gasteiger partial charge in [-0.3, -0.25) is 9.69 Å². The number of aliphatic hydroxyl groups excluding tert-OH is 1. The zero-order valence-corrected chi connectivity index (χ0v) is 13.0. The largest absolute Gasteiger partial charge is 0.391 e. The molecule has 4 rings (SSSR count). The van der Waals surface area contributed by atoms with E-state index in [0.29, 0.717) is 24.3 Å². The average Bonchev–Trinajstić information content (AvgIpc) is 3.20. The molecule has 1 amide bonds. The molecule has 7 nitrogen and oxygen atoms in total. The summed E-state index contributed by atoms with van der Waals surface area (Å²) in [5.74, 6) is -0.00896. The van der Waals surface area contributed by atoms with Gasteiger partial charge in [0.2, 0.25) is 0 Å². The van der Waals surface area contributed by atoms with Crippen molar-refractivity contribution in [2.45, 2.75) is 31.4 Å². The van der Waals surface area contributed by atoms with Gasteiger partial charge in [0.25, 0.3) is 5.91 Å². The SMILES string of the molecule is O=C(c1cnn2cccnc12)N1CCN(C2CCCC2O)CC1. The molecule has 23 heavy (non-hydrogen) atoms. The number of nitrogens with zero attached hydrogens (tertiary/aromatic N) is 5. The molecule has 2 aromatic rings. The maximum Gasteiger partial charge on any atom is 0.259 e. The van der Waals surface area contributed by atoms with Gasteiger partial charge in [0.1, 0.15) is 5.56 Å². The van der Waals surface area contributed by atoms with E-state index < -0.39 is 0 Å². The van der Waals surface area contributed by atoms with Crippen molar-refractivity contribution in [3.8, 4) is 0 Å². The van der Waals surface area contributed by atoms with Gasteiger partial charge in [-0.05, 0) is 25.3 Å². The molecule has 2 atom stereocenters. The molecule has 0 radical (unpaired) electrons. The lowest BCUT2D eigenvalue weighted by molar-refractivity contribution is 0.0316. The first-order chi connectivity index (χ1) is 11.2. The van der Waals surface area contributed by atoms with Crippen LogP contribution < -0.4 is 0 Å². The Kier molecular flexibility index (Phi) is 3.74. The average molecular weight is 315 g/mol. The Balaban J connectivity index is 1.45. The topological polar surface area (TPSA) is 74.0 Å². The van der Waals surface area contributed by atoms with Crippen molar-refractivity contribution in [2.75, 3.05) is 26.2 Å². The number of aromatic nitrogens is 3. The highest BCUT2D eigenvalue weighted by Crippen LogP contribution is 2.25. The predicted molar refractivity (Wildman–Crippen MR) is 84.1 cm³/mol. The van der Waals surface area contributed by atoms with E-state index in [1.807, 2.05) is 4.90 Å². The van der Waals surface area contributed by atoms with Crippen molar-refractivity contribution in [3.05, 3.63) is 30.2 Å². The number of rotatable bonds is 2. The van der Waals surface area contributed by atoms with Crippen molar-refractivity contribution in [1.29, 1.82) is 0 Å². The molecular weight excluding hydrogens is 294 g/mol. The van der Waals surface area contributed by atoms with Crippen LogP contribution in [0.5, 0.6) is 0 Å². The highest BCUT2D eigenvalue weighted by atomic mass is 16.3. The number of aliphatic hydroxyl groups is 1. The number of hydrogen-bond acceptors (Lipinski definition) is 5. The zero-order chi connectivity index (χ0) is 15.8. The second-order valence-electron chi connectivity index (χ2n) is 6.34. The third-order valence-electron chi connectivity index (χ3n) is 5.02. The Morgan fingerprint density at radius 2 is 2.04 bits per heavy atom. The lowest BCUT2D eigenvalue weighted by Gasteiger charge is -2.39. The van der Waals surface area contributed by atoms with Crippen LogP contribution in [0.15, 0.2) is 24.7 Å². The lowest BCUT2D eigenvalue weighted by Crippen LogP contribution is -2.53. The summed E-state index contributed by atoms with van der Waals surface area (Å²) >= 11 is 0. The molecule has 3 heterocycles. The number of carbonyl (C=O) groups excluding carboxylic acids is 1. The van der Waals surface area contributed by atoms with Crippen LogP contribution in [0.1, 0.15) is 29.6 Å². The van der Waals surface area contributed by atoms with E-state index in [2.05, 4.69) is 15.0 Å². The molecule has 2 aromatic heterocycles. The number of amides is 1. The van der Waals surface area contributed by atoms with Crippen LogP contribution >= 0.6 is 0 Å². The maximum atomic E-state index is 12.7. The van der Waals surface area contributed by atoms with Crippen LogP contribution in [-0.2, 0) is 0 Å². The fourth-order valence-electron chi connectivity index (χ4n) is 3.75. The van der Waals surface area contributed by atoms with Gasteiger partial charge in [0.05, 0.1) is 12.3 Å². The minimum absolute atomic E-state index is 0.00896. The van der Waals surface area contributed by atoms with Crippen LogP contribution in [0.4, 0.5) is 0 Å². The van der Waals surface area contributed by atoms with Gasteiger partial charge in [-0.15, -0.1) is 0 Å². The van der Waals surface area contributed by atoms with E-state index in [0.717, 1.165) is 32.4 Å². The standard InChI is InChI=1S/C16H21N5O2/c22-14-4-1-3-13(14)19-7-9-20(10-8-19)16(23)12-11-18-21-6-2-5-17-15(12)21/h2,5-6,11,13-14,22H,1,3-4,7-10H2. The summed E-state index contributed by atoms with van der Waals surface area (Å²) in [5.41, 5.74) is 1.16. The normalized spacial score (nSPS) is 26.0. The minimum Gasteiger partial charge on any atom is -0.391 e. The molecule has 0 bridgehead atoms. The summed E-state index contributed by atoms with van der Waals surface area (Å²) in [6, 6.07) is 2.06. The van der Waals surface area contributed by atoms with Gasteiger partial charge < -0.3 is 10.0 Å². The van der Waals surface area contributed by atoms with Crippen LogP contribution in [0.25, 0.3) is 5.65 Å². The first-order valence-electron chi connectivity index (χ1n) is 8.24. The van der Waals surface area contributed by atoms with Crippen LogP contribution in [0.3, 0.4) is 0 Å². The fraction of sp³-hybridized carbons (Fsp3) is 0.562. The Bertz CT molecular complexity index is 707. The first kappa shape index (κ1) is 14.6. The first-order valence-corrected chi connectivity index (χ1v) is 8.24. The third-order valence-corrected chi connectivity index (χ3v) is 5.02. The van der Waals surface area contributed by atoms with E-state index >= 15 is 0 Å². The molecule has 0 aromatic carbocycles. The molecule has 1 N–H and O–H groups in total. The quantitative estimate of drug-likeness (QED) is 0.868. The van der Waals surface area contributed by atoms with Gasteiger partial charge in [-0.2, -0.15) is 5.10 Å². The molecule has 1 saturated heterocycles. The fourth-order valence-corrected chi connectivity index (χ4v) is 3.75. The lowest BCUT2D eigenvalue weighted by atomic mass is 10.1. The van der Waals surface area contributed by atoms with Crippen LogP contribution in [0.2, 0.25) is 0 Å². The van der Waals surface area contributed by atoms with Crippen molar-refractivity contribution in [3.63, 3.8) is 0 Å². The number of piperazine rings is 1. The number of carbonyl (C=O) groups is 1. The summed E-state index contributed by atoms with van der Waals surface area (Å²) in [5, 5.41) is 14.2. The molecule has 1 aliphatic carbocycles. The van der Waals surface area contributed by atoms with Gasteiger partial charge >= 0.3 is 0 Å². The van der Waals surface area contributed by atoms with E-state index in [4.69, 9.17) is 0 Å². The molecule has 2 unspecified atom stereocenters. The predicted octanol–water partition coefficient (Wildman–Crippen LogP) is 0.401. The third kappa shape index (κ3) is 2.60. The Hall–Kier alpha value is -1.99. The number of hydrogen-bond donors (Lipinski definition) is 1. The van der Waals surface area contributed by atoms with Crippen molar-refractivity contribution >= 4 is 11.6 Å². The molecule has 122 valence electrons. The Labute approximate surface area is 134 Å². The molecule has 2 fully saturated rings. The molecular formula is C16H21N5O2. The summed E-state index contributed by atoms with van der Waals surface area (Å²) in [6.07, 6.45) is 7.91. The van der Waals surface area contributed by atoms with E-state index in [1.165, 1.54) is 0 Å². The van der Waals surface area contributed by atoms with E-state index in [9.17, 15) is 9.90 Å². The minimum atomic E-state index is -0.207. The summed E-state index contributed by atoms with van der Waals surface area (Å²) in [6.45, 7) is 3.01. The van der Waals surface area contributed by atoms with Gasteiger partial charge in [0, 0.05) is 44.6 Å². The van der Waals surface area contributed by atoms with E-state index in [-0.39, 0.29) is 18.1 Å². The van der Waals surface area contributed by atoms with Crippen LogP contribution in [-0.4, -0.2) is 73.7 Å². The van der Waals surface area contributed by atoms with Crippen molar-refractivity contribution in [2.24, 2.45) is 0 Å².